The van der Waals surface area contributed by atoms with Crippen LogP contribution in [0.4, 0.5) is 5.82 Å². The van der Waals surface area contributed by atoms with Crippen LogP contribution in [0.25, 0.3) is 5.65 Å². The van der Waals surface area contributed by atoms with Gasteiger partial charge in [-0.05, 0) is 41.5 Å². The topological polar surface area (TPSA) is 79.4 Å². The van der Waals surface area contributed by atoms with Crippen LogP contribution in [0.1, 0.15) is 25.8 Å². The standard InChI is InChI=1S/C16H20N6O/c1-3-16(2,23)12-21(11-13-7-5-4-6-8-13)15-10-9-14-17-19-20-22(14)18-15/h4-10,23H,3,11-12H2,1-2H3/t16-/m0/s1. The van der Waals surface area contributed by atoms with Crippen molar-refractivity contribution >= 4 is 11.5 Å². The number of tetrazole rings is 1. The fourth-order valence-corrected chi connectivity index (χ4v) is 2.35. The van der Waals surface area contributed by atoms with E-state index in [1.807, 2.05) is 49.1 Å². The molecule has 23 heavy (non-hydrogen) atoms. The van der Waals surface area contributed by atoms with Gasteiger partial charge in [-0.1, -0.05) is 37.3 Å². The maximum atomic E-state index is 10.5. The summed E-state index contributed by atoms with van der Waals surface area (Å²) in [6.07, 6.45) is 0.658. The third-order valence-corrected chi connectivity index (χ3v) is 3.89. The molecule has 1 N–H and O–H groups in total. The molecule has 2 heterocycles. The van der Waals surface area contributed by atoms with Gasteiger partial charge in [-0.2, -0.15) is 0 Å². The highest BCUT2D eigenvalue weighted by Crippen LogP contribution is 2.20. The highest BCUT2D eigenvalue weighted by molar-refractivity contribution is 5.45. The van der Waals surface area contributed by atoms with Crippen LogP contribution in [-0.2, 0) is 6.54 Å². The average Bonchev–Trinajstić information content (AvgIpc) is 3.02. The summed E-state index contributed by atoms with van der Waals surface area (Å²) in [6.45, 7) is 4.93. The molecule has 0 bridgehead atoms. The van der Waals surface area contributed by atoms with Crippen LogP contribution in [0.2, 0.25) is 0 Å². The number of fused-ring (bicyclic) bond motifs is 1. The maximum absolute atomic E-state index is 10.5. The van der Waals surface area contributed by atoms with Crippen LogP contribution in [0, 0.1) is 0 Å². The molecule has 1 aromatic carbocycles. The van der Waals surface area contributed by atoms with Gasteiger partial charge in [-0.15, -0.1) is 14.8 Å². The van der Waals surface area contributed by atoms with E-state index in [9.17, 15) is 5.11 Å². The molecule has 0 aliphatic carbocycles. The van der Waals surface area contributed by atoms with Crippen LogP contribution >= 0.6 is 0 Å². The van der Waals surface area contributed by atoms with Gasteiger partial charge >= 0.3 is 0 Å². The Morgan fingerprint density at radius 2 is 1.96 bits per heavy atom. The SMILES string of the molecule is CC[C@](C)(O)CN(Cc1ccccc1)c1ccc2nnnn2n1. The predicted molar refractivity (Wildman–Crippen MR) is 87.0 cm³/mol. The molecule has 3 rings (SSSR count). The van der Waals surface area contributed by atoms with E-state index in [-0.39, 0.29) is 0 Å². The van der Waals surface area contributed by atoms with Gasteiger partial charge in [0.25, 0.3) is 0 Å². The van der Waals surface area contributed by atoms with Crippen molar-refractivity contribution in [3.8, 4) is 0 Å². The Morgan fingerprint density at radius 3 is 2.70 bits per heavy atom. The largest absolute Gasteiger partial charge is 0.388 e. The molecule has 0 saturated carbocycles. The normalized spacial score (nSPS) is 13.9. The first-order valence-electron chi connectivity index (χ1n) is 7.64. The number of aromatic nitrogens is 5. The highest BCUT2D eigenvalue weighted by Gasteiger charge is 2.23. The number of rotatable bonds is 6. The van der Waals surface area contributed by atoms with E-state index < -0.39 is 5.60 Å². The van der Waals surface area contributed by atoms with E-state index >= 15 is 0 Å². The molecule has 120 valence electrons. The quantitative estimate of drug-likeness (QED) is 0.746. The summed E-state index contributed by atoms with van der Waals surface area (Å²) >= 11 is 0. The molecule has 0 amide bonds. The van der Waals surface area contributed by atoms with Crippen molar-refractivity contribution in [3.05, 3.63) is 48.0 Å². The molecule has 2 aromatic heterocycles. The van der Waals surface area contributed by atoms with Crippen LogP contribution in [-0.4, -0.2) is 42.5 Å². The van der Waals surface area contributed by atoms with Crippen molar-refractivity contribution in [1.82, 2.24) is 25.3 Å². The van der Waals surface area contributed by atoms with Crippen molar-refractivity contribution in [3.63, 3.8) is 0 Å². The molecule has 0 spiro atoms. The number of aliphatic hydroxyl groups is 1. The van der Waals surface area contributed by atoms with Crippen LogP contribution in [0.5, 0.6) is 0 Å². The molecule has 7 nitrogen and oxygen atoms in total. The minimum absolute atomic E-state index is 0.471. The number of anilines is 1. The molecule has 0 unspecified atom stereocenters. The van der Waals surface area contributed by atoms with Crippen LogP contribution < -0.4 is 4.90 Å². The second-order valence-corrected chi connectivity index (χ2v) is 5.91. The van der Waals surface area contributed by atoms with Gasteiger partial charge in [0.1, 0.15) is 0 Å². The highest BCUT2D eigenvalue weighted by atomic mass is 16.3. The summed E-state index contributed by atoms with van der Waals surface area (Å²) in [4.78, 5) is 2.04. The molecule has 0 radical (unpaired) electrons. The van der Waals surface area contributed by atoms with E-state index in [4.69, 9.17) is 0 Å². The van der Waals surface area contributed by atoms with Gasteiger partial charge in [-0.25, -0.2) is 0 Å². The first-order valence-corrected chi connectivity index (χ1v) is 7.64. The van der Waals surface area contributed by atoms with Gasteiger partial charge in [0, 0.05) is 13.1 Å². The summed E-state index contributed by atoms with van der Waals surface area (Å²) in [5.74, 6) is 0.724. The monoisotopic (exact) mass is 312 g/mol. The van der Waals surface area contributed by atoms with Gasteiger partial charge in [0.2, 0.25) is 0 Å². The first kappa shape index (κ1) is 15.4. The summed E-state index contributed by atoms with van der Waals surface area (Å²) in [5, 5.41) is 26.3. The van der Waals surface area contributed by atoms with Crippen molar-refractivity contribution in [2.45, 2.75) is 32.4 Å². The second-order valence-electron chi connectivity index (χ2n) is 5.91. The Bertz CT molecular complexity index is 770. The van der Waals surface area contributed by atoms with E-state index in [1.54, 1.807) is 0 Å². The van der Waals surface area contributed by atoms with E-state index in [0.717, 1.165) is 11.4 Å². The van der Waals surface area contributed by atoms with Gasteiger partial charge in [0.15, 0.2) is 11.5 Å². The maximum Gasteiger partial charge on any atom is 0.200 e. The Kier molecular flexibility index (Phi) is 4.20. The zero-order chi connectivity index (χ0) is 16.3. The van der Waals surface area contributed by atoms with Gasteiger partial charge < -0.3 is 10.0 Å². The second kappa shape index (κ2) is 6.29. The van der Waals surface area contributed by atoms with Crippen molar-refractivity contribution in [2.24, 2.45) is 0 Å². The molecular weight excluding hydrogens is 292 g/mol. The number of hydrogen-bond donors (Lipinski definition) is 1. The summed E-state index contributed by atoms with van der Waals surface area (Å²) in [5.41, 5.74) is 0.945. The molecule has 7 heteroatoms. The first-order chi connectivity index (χ1) is 11.1. The fraction of sp³-hybridized carbons (Fsp3) is 0.375. The molecule has 1 atom stereocenters. The third-order valence-electron chi connectivity index (χ3n) is 3.89. The summed E-state index contributed by atoms with van der Waals surface area (Å²) in [6, 6.07) is 13.8. The van der Waals surface area contributed by atoms with Crippen LogP contribution in [0.15, 0.2) is 42.5 Å². The summed E-state index contributed by atoms with van der Waals surface area (Å²) < 4.78 is 1.40. The van der Waals surface area contributed by atoms with Crippen LogP contribution in [0.3, 0.4) is 0 Å². The Balaban J connectivity index is 1.92. The Hall–Kier alpha value is -2.54. The van der Waals surface area contributed by atoms with E-state index in [1.165, 1.54) is 4.63 Å². The Morgan fingerprint density at radius 1 is 1.17 bits per heavy atom. The molecule has 0 saturated heterocycles. The molecule has 0 aliphatic rings. The zero-order valence-electron chi connectivity index (χ0n) is 13.3. The molecule has 3 aromatic rings. The summed E-state index contributed by atoms with van der Waals surface area (Å²) in [7, 11) is 0. The lowest BCUT2D eigenvalue weighted by molar-refractivity contribution is 0.0624. The van der Waals surface area contributed by atoms with Gasteiger partial charge in [-0.3, -0.25) is 0 Å². The molecule has 0 fully saturated rings. The van der Waals surface area contributed by atoms with E-state index in [2.05, 4.69) is 32.8 Å². The molecule has 0 aliphatic heterocycles. The van der Waals surface area contributed by atoms with Crippen molar-refractivity contribution in [2.75, 3.05) is 11.4 Å². The lowest BCUT2D eigenvalue weighted by Gasteiger charge is -2.31. The number of benzene rings is 1. The average molecular weight is 312 g/mol. The minimum Gasteiger partial charge on any atom is -0.388 e. The Labute approximate surface area is 134 Å². The fourth-order valence-electron chi connectivity index (χ4n) is 2.35. The van der Waals surface area contributed by atoms with Crippen molar-refractivity contribution in [1.29, 1.82) is 0 Å². The number of nitrogens with zero attached hydrogens (tertiary/aromatic N) is 6. The lowest BCUT2D eigenvalue weighted by Crippen LogP contribution is -2.40. The smallest absolute Gasteiger partial charge is 0.200 e. The van der Waals surface area contributed by atoms with Crippen molar-refractivity contribution < 1.29 is 5.11 Å². The lowest BCUT2D eigenvalue weighted by atomic mass is 10.0. The minimum atomic E-state index is -0.800. The predicted octanol–water partition coefficient (Wildman–Crippen LogP) is 1.69. The van der Waals surface area contributed by atoms with E-state index in [0.29, 0.717) is 25.2 Å². The third kappa shape index (κ3) is 3.62. The van der Waals surface area contributed by atoms with Gasteiger partial charge in [0.05, 0.1) is 5.60 Å². The number of hydrogen-bond acceptors (Lipinski definition) is 6. The molecular formula is C16H20N6O. The zero-order valence-corrected chi connectivity index (χ0v) is 13.3.